The van der Waals surface area contributed by atoms with Crippen molar-refractivity contribution in [3.8, 4) is 0 Å². The van der Waals surface area contributed by atoms with Crippen LogP contribution in [-0.4, -0.2) is 0 Å². The van der Waals surface area contributed by atoms with Gasteiger partial charge in [0.05, 0.1) is 0 Å². The highest BCUT2D eigenvalue weighted by Crippen LogP contribution is 2.51. The summed E-state index contributed by atoms with van der Waals surface area (Å²) in [5.74, 6) is 3.98. The molecule has 4 rings (SSSR count). The fourth-order valence-electron chi connectivity index (χ4n) is 4.35. The molecule has 0 heterocycles. The van der Waals surface area contributed by atoms with E-state index in [9.17, 15) is 0 Å². The van der Waals surface area contributed by atoms with Crippen molar-refractivity contribution in [2.75, 3.05) is 0 Å². The molecule has 0 radical (unpaired) electrons. The van der Waals surface area contributed by atoms with E-state index in [1.165, 1.54) is 57.8 Å². The lowest BCUT2D eigenvalue weighted by molar-refractivity contribution is 0.0794. The maximum atomic E-state index is 3.96. The summed E-state index contributed by atoms with van der Waals surface area (Å²) in [4.78, 5) is 0. The number of fused-ring (bicyclic) bond motifs is 2. The molecule has 0 atom stereocenters. The molecule has 0 amide bonds. The zero-order valence-corrected chi connectivity index (χ0v) is 10.4. The van der Waals surface area contributed by atoms with E-state index in [4.69, 9.17) is 0 Å². The Morgan fingerprint density at radius 1 is 1.06 bits per heavy atom. The monoisotopic (exact) mass is 218 g/mol. The zero-order chi connectivity index (χ0) is 11.0. The smallest absolute Gasteiger partial charge is 0 e. The predicted molar refractivity (Wildman–Crippen MR) is 70.3 cm³/mol. The second kappa shape index (κ2) is 4.41. The molecule has 0 unspecified atom stereocenters. The van der Waals surface area contributed by atoms with Crippen molar-refractivity contribution >= 4 is 0 Å². The van der Waals surface area contributed by atoms with E-state index >= 15 is 0 Å². The minimum absolute atomic E-state index is 0. The van der Waals surface area contributed by atoms with Gasteiger partial charge < -0.3 is 0 Å². The van der Waals surface area contributed by atoms with Gasteiger partial charge in [-0.2, -0.15) is 0 Å². The lowest BCUT2D eigenvalue weighted by Crippen LogP contribution is -2.34. The van der Waals surface area contributed by atoms with Crippen LogP contribution in [0.15, 0.2) is 17.9 Å². The van der Waals surface area contributed by atoms with Crippen LogP contribution in [0.1, 0.15) is 59.2 Å². The topological polar surface area (TPSA) is 0 Å². The van der Waals surface area contributed by atoms with Gasteiger partial charge in [0.15, 0.2) is 0 Å². The first-order valence-corrected chi connectivity index (χ1v) is 7.24. The Bertz CT molecular complexity index is 291. The Balaban J connectivity index is 0.00000108. The third-order valence-electron chi connectivity index (χ3n) is 5.27. The van der Waals surface area contributed by atoms with Gasteiger partial charge in [-0.25, -0.2) is 0 Å². The number of hydrogen-bond donors (Lipinski definition) is 0. The quantitative estimate of drug-likeness (QED) is 0.587. The Kier molecular flexibility index (Phi) is 2.94. The molecule has 0 heteroatoms. The standard InChI is InChI=1S/C16H24.H2/c1-2-15(9-12-5-3-4-6-12)16-10-13-7-14(8-13)11-16;/h12-14,16H,1,3-11H2;1H. The van der Waals surface area contributed by atoms with Gasteiger partial charge in [0.25, 0.3) is 0 Å². The summed E-state index contributed by atoms with van der Waals surface area (Å²) in [5.41, 5.74) is 4.90. The summed E-state index contributed by atoms with van der Waals surface area (Å²) in [5, 5.41) is 0. The first kappa shape index (κ1) is 10.7. The fourth-order valence-corrected chi connectivity index (χ4v) is 4.35. The largest absolute Gasteiger partial charge is 0.129 e. The Morgan fingerprint density at radius 3 is 2.25 bits per heavy atom. The Hall–Kier alpha value is -0.480. The third-order valence-corrected chi connectivity index (χ3v) is 5.27. The highest BCUT2D eigenvalue weighted by atomic mass is 14.4. The second-order valence-electron chi connectivity index (χ2n) is 6.43. The molecule has 0 aromatic rings. The zero-order valence-electron chi connectivity index (χ0n) is 10.4. The van der Waals surface area contributed by atoms with Gasteiger partial charge in [-0.1, -0.05) is 32.3 Å². The number of hydrogen-bond acceptors (Lipinski definition) is 0. The molecule has 0 saturated heterocycles. The van der Waals surface area contributed by atoms with Crippen LogP contribution >= 0.6 is 0 Å². The van der Waals surface area contributed by atoms with Crippen LogP contribution in [0.3, 0.4) is 0 Å². The molecule has 0 N–H and O–H groups in total. The van der Waals surface area contributed by atoms with Crippen molar-refractivity contribution in [1.29, 1.82) is 0 Å². The molecule has 0 aliphatic heterocycles. The maximum absolute atomic E-state index is 3.96. The van der Waals surface area contributed by atoms with Gasteiger partial charge >= 0.3 is 0 Å². The van der Waals surface area contributed by atoms with Crippen molar-refractivity contribution < 1.29 is 1.43 Å². The minimum atomic E-state index is 0. The Labute approximate surface area is 101 Å². The van der Waals surface area contributed by atoms with Crippen LogP contribution in [0.2, 0.25) is 0 Å². The van der Waals surface area contributed by atoms with Gasteiger partial charge in [0.2, 0.25) is 0 Å². The van der Waals surface area contributed by atoms with E-state index in [2.05, 4.69) is 12.3 Å². The van der Waals surface area contributed by atoms with E-state index in [1.54, 1.807) is 5.57 Å². The molecule has 0 aromatic carbocycles. The molecule has 0 aromatic heterocycles. The molecule has 4 saturated carbocycles. The molecule has 90 valence electrons. The second-order valence-corrected chi connectivity index (χ2v) is 6.43. The normalized spacial score (nSPS) is 37.9. The minimum Gasteiger partial charge on any atom is -0.129 e. The summed E-state index contributed by atoms with van der Waals surface area (Å²) in [6, 6.07) is 0. The average molecular weight is 218 g/mol. The summed E-state index contributed by atoms with van der Waals surface area (Å²) >= 11 is 0. The molecular formula is C16H26. The highest BCUT2D eigenvalue weighted by Gasteiger charge is 2.39. The van der Waals surface area contributed by atoms with Crippen molar-refractivity contribution in [2.45, 2.75) is 57.8 Å². The van der Waals surface area contributed by atoms with Crippen LogP contribution in [0.25, 0.3) is 0 Å². The molecule has 4 aliphatic rings. The van der Waals surface area contributed by atoms with Gasteiger partial charge in [-0.15, -0.1) is 5.73 Å². The first-order valence-electron chi connectivity index (χ1n) is 7.24. The van der Waals surface area contributed by atoms with Gasteiger partial charge in [-0.3, -0.25) is 0 Å². The van der Waals surface area contributed by atoms with Crippen molar-refractivity contribution in [1.82, 2.24) is 0 Å². The molecular weight excluding hydrogens is 192 g/mol. The van der Waals surface area contributed by atoms with Crippen molar-refractivity contribution in [3.63, 3.8) is 0 Å². The maximum Gasteiger partial charge on any atom is 0 e. The van der Waals surface area contributed by atoms with E-state index in [-0.39, 0.29) is 1.43 Å². The molecule has 16 heavy (non-hydrogen) atoms. The van der Waals surface area contributed by atoms with E-state index in [0.717, 1.165) is 23.7 Å². The predicted octanol–water partition coefficient (Wildman–Crippen LogP) is 4.96. The van der Waals surface area contributed by atoms with Gasteiger partial charge in [0, 0.05) is 1.43 Å². The highest BCUT2D eigenvalue weighted by molar-refractivity contribution is 5.10. The van der Waals surface area contributed by atoms with Crippen LogP contribution in [0, 0.1) is 23.7 Å². The summed E-state index contributed by atoms with van der Waals surface area (Å²) < 4.78 is 0. The lowest BCUT2D eigenvalue weighted by atomic mass is 9.59. The van der Waals surface area contributed by atoms with Crippen LogP contribution in [-0.2, 0) is 0 Å². The van der Waals surface area contributed by atoms with Crippen LogP contribution in [0.4, 0.5) is 0 Å². The van der Waals surface area contributed by atoms with Crippen molar-refractivity contribution in [2.24, 2.45) is 23.7 Å². The van der Waals surface area contributed by atoms with E-state index in [0.29, 0.717) is 0 Å². The van der Waals surface area contributed by atoms with Crippen LogP contribution < -0.4 is 0 Å². The summed E-state index contributed by atoms with van der Waals surface area (Å²) in [6.45, 7) is 3.96. The van der Waals surface area contributed by atoms with Crippen LogP contribution in [0.5, 0.6) is 0 Å². The van der Waals surface area contributed by atoms with Crippen molar-refractivity contribution in [3.05, 3.63) is 17.9 Å². The molecule has 4 aliphatic carbocycles. The lowest BCUT2D eigenvalue weighted by Gasteiger charge is -2.46. The summed E-state index contributed by atoms with van der Waals surface area (Å²) in [7, 11) is 0. The Morgan fingerprint density at radius 2 is 1.69 bits per heavy atom. The molecule has 0 spiro atoms. The number of rotatable bonds is 3. The first-order chi connectivity index (χ1) is 7.85. The van der Waals surface area contributed by atoms with Gasteiger partial charge in [-0.05, 0) is 61.3 Å². The van der Waals surface area contributed by atoms with Gasteiger partial charge in [0.1, 0.15) is 0 Å². The number of allylic oxidation sites excluding steroid dienone is 1. The third kappa shape index (κ3) is 2.00. The molecule has 0 nitrogen and oxygen atoms in total. The summed E-state index contributed by atoms with van der Waals surface area (Å²) in [6.07, 6.45) is 13.2. The molecule has 2 bridgehead atoms. The SMILES string of the molecule is C=C=C(CC1CCCC1)C1CC2CC(C2)C1.[HH]. The van der Waals surface area contributed by atoms with E-state index in [1.807, 2.05) is 0 Å². The average Bonchev–Trinajstić information content (AvgIpc) is 2.77. The fraction of sp³-hybridized carbons (Fsp3) is 0.812. The van der Waals surface area contributed by atoms with E-state index < -0.39 is 0 Å². The molecule has 4 fully saturated rings.